The lowest BCUT2D eigenvalue weighted by atomic mass is 10.2. The van der Waals surface area contributed by atoms with Gasteiger partial charge in [0, 0.05) is 5.56 Å². The summed E-state index contributed by atoms with van der Waals surface area (Å²) >= 11 is 0. The van der Waals surface area contributed by atoms with Gasteiger partial charge in [0.05, 0.1) is 0 Å². The van der Waals surface area contributed by atoms with Crippen molar-refractivity contribution in [2.75, 3.05) is 0 Å². The molecule has 0 saturated heterocycles. The van der Waals surface area contributed by atoms with Gasteiger partial charge < -0.3 is 9.79 Å². The Morgan fingerprint density at radius 2 is 1.69 bits per heavy atom. The van der Waals surface area contributed by atoms with E-state index >= 15 is 0 Å². The molecule has 1 aliphatic rings. The van der Waals surface area contributed by atoms with Crippen LogP contribution < -0.4 is 0 Å². The first-order chi connectivity index (χ1) is 6.06. The molecular weight excluding hydrogens is 191 g/mol. The molecule has 2 N–H and O–H groups in total. The van der Waals surface area contributed by atoms with Gasteiger partial charge in [-0.3, -0.25) is 4.57 Å². The molecule has 0 aliphatic carbocycles. The average molecular weight is 198 g/mol. The van der Waals surface area contributed by atoms with E-state index in [4.69, 9.17) is 9.79 Å². The van der Waals surface area contributed by atoms with Gasteiger partial charge >= 0.3 is 13.0 Å². The SMILES string of the molecule is O=P(O)(O)C1(c2ccccc2)N=N1. The van der Waals surface area contributed by atoms with E-state index in [-0.39, 0.29) is 0 Å². The van der Waals surface area contributed by atoms with Crippen LogP contribution in [0.5, 0.6) is 0 Å². The molecule has 5 nitrogen and oxygen atoms in total. The highest BCUT2D eigenvalue weighted by Gasteiger charge is 2.58. The van der Waals surface area contributed by atoms with Crippen molar-refractivity contribution in [2.24, 2.45) is 10.2 Å². The first-order valence-corrected chi connectivity index (χ1v) is 5.23. The normalized spacial score (nSPS) is 18.6. The molecule has 0 amide bonds. The van der Waals surface area contributed by atoms with Crippen LogP contribution in [0.25, 0.3) is 0 Å². The molecule has 0 saturated carbocycles. The molecule has 1 heterocycles. The molecule has 1 aromatic rings. The number of nitrogens with zero attached hydrogens (tertiary/aromatic N) is 2. The number of hydrogen-bond donors (Lipinski definition) is 2. The van der Waals surface area contributed by atoms with E-state index in [2.05, 4.69) is 10.2 Å². The summed E-state index contributed by atoms with van der Waals surface area (Å²) in [7, 11) is -4.31. The zero-order chi connectivity index (χ0) is 9.53. The van der Waals surface area contributed by atoms with E-state index in [1.165, 1.54) is 0 Å². The third-order valence-electron chi connectivity index (χ3n) is 1.86. The Labute approximate surface area is 74.3 Å². The van der Waals surface area contributed by atoms with Crippen LogP contribution in [-0.2, 0) is 9.97 Å². The minimum absolute atomic E-state index is 0.434. The smallest absolute Gasteiger partial charge is 0.321 e. The molecular formula is C7H7N2O3P. The summed E-state index contributed by atoms with van der Waals surface area (Å²) in [5, 5.41) is 5.27. The topological polar surface area (TPSA) is 82.2 Å². The Kier molecular flexibility index (Phi) is 1.63. The van der Waals surface area contributed by atoms with Crippen LogP contribution in [-0.4, -0.2) is 9.79 Å². The quantitative estimate of drug-likeness (QED) is 0.705. The molecule has 0 spiro atoms. The van der Waals surface area contributed by atoms with Crippen molar-refractivity contribution in [1.82, 2.24) is 0 Å². The van der Waals surface area contributed by atoms with Crippen LogP contribution in [0.3, 0.4) is 0 Å². The maximum Gasteiger partial charge on any atom is 0.383 e. The van der Waals surface area contributed by atoms with E-state index in [0.717, 1.165) is 0 Å². The summed E-state index contributed by atoms with van der Waals surface area (Å²) in [4.78, 5) is 18.0. The second kappa shape index (κ2) is 2.48. The standard InChI is InChI=1S/C7H7N2O3P/c10-13(11,12)7(8-9-7)6-4-2-1-3-5-6/h1-5H,(H2,10,11,12). The van der Waals surface area contributed by atoms with Gasteiger partial charge in [0.2, 0.25) is 0 Å². The maximum atomic E-state index is 11.0. The van der Waals surface area contributed by atoms with Crippen molar-refractivity contribution in [3.63, 3.8) is 0 Å². The Morgan fingerprint density at radius 3 is 2.08 bits per heavy atom. The molecule has 0 fully saturated rings. The lowest BCUT2D eigenvalue weighted by Crippen LogP contribution is -2.08. The fourth-order valence-corrected chi connectivity index (χ4v) is 1.87. The van der Waals surface area contributed by atoms with E-state index in [1.807, 2.05) is 0 Å². The summed E-state index contributed by atoms with van der Waals surface area (Å²) in [6.07, 6.45) is 0. The molecule has 0 bridgehead atoms. The molecule has 0 unspecified atom stereocenters. The molecule has 0 atom stereocenters. The molecule has 13 heavy (non-hydrogen) atoms. The molecule has 0 radical (unpaired) electrons. The zero-order valence-corrected chi connectivity index (χ0v) is 7.43. The molecule has 2 rings (SSSR count). The van der Waals surface area contributed by atoms with Crippen LogP contribution in [0, 0.1) is 0 Å². The number of rotatable bonds is 2. The van der Waals surface area contributed by atoms with E-state index in [1.54, 1.807) is 30.3 Å². The van der Waals surface area contributed by atoms with Crippen LogP contribution in [0.4, 0.5) is 0 Å². The van der Waals surface area contributed by atoms with Gasteiger partial charge in [-0.25, -0.2) is 0 Å². The zero-order valence-electron chi connectivity index (χ0n) is 6.53. The van der Waals surface area contributed by atoms with E-state index < -0.39 is 13.0 Å². The fourth-order valence-electron chi connectivity index (χ4n) is 1.11. The van der Waals surface area contributed by atoms with Gasteiger partial charge in [-0.05, 0) is 0 Å². The third kappa shape index (κ3) is 1.21. The second-order valence-corrected chi connectivity index (χ2v) is 4.46. The Bertz CT molecular complexity index is 391. The number of benzene rings is 1. The van der Waals surface area contributed by atoms with Gasteiger partial charge in [0.1, 0.15) is 0 Å². The van der Waals surface area contributed by atoms with Crippen LogP contribution in [0.2, 0.25) is 0 Å². The van der Waals surface area contributed by atoms with Crippen molar-refractivity contribution in [1.29, 1.82) is 0 Å². The Morgan fingerprint density at radius 1 is 1.15 bits per heavy atom. The first-order valence-electron chi connectivity index (χ1n) is 3.61. The maximum absolute atomic E-state index is 11.0. The average Bonchev–Trinajstić information content (AvgIpc) is 2.84. The molecule has 6 heteroatoms. The van der Waals surface area contributed by atoms with Crippen molar-refractivity contribution < 1.29 is 14.4 Å². The van der Waals surface area contributed by atoms with Gasteiger partial charge in [-0.1, -0.05) is 30.3 Å². The Balaban J connectivity index is 2.43. The highest BCUT2D eigenvalue weighted by atomic mass is 31.2. The fraction of sp³-hybridized carbons (Fsp3) is 0.143. The predicted octanol–water partition coefficient (Wildman–Crippen LogP) is 1.44. The van der Waals surface area contributed by atoms with Crippen molar-refractivity contribution in [3.8, 4) is 0 Å². The van der Waals surface area contributed by atoms with Gasteiger partial charge in [-0.15, -0.1) is 10.2 Å². The van der Waals surface area contributed by atoms with Crippen molar-refractivity contribution in [3.05, 3.63) is 35.9 Å². The summed E-state index contributed by atoms with van der Waals surface area (Å²) in [5.74, 6) is 0. The van der Waals surface area contributed by atoms with Crippen LogP contribution in [0.15, 0.2) is 40.6 Å². The van der Waals surface area contributed by atoms with Crippen molar-refractivity contribution in [2.45, 2.75) is 5.40 Å². The molecule has 0 aromatic heterocycles. The molecule has 68 valence electrons. The highest BCUT2D eigenvalue weighted by Crippen LogP contribution is 2.65. The number of hydrogen-bond acceptors (Lipinski definition) is 3. The molecule has 1 aromatic carbocycles. The second-order valence-electron chi connectivity index (χ2n) is 2.75. The summed E-state index contributed by atoms with van der Waals surface area (Å²) in [6, 6.07) is 8.34. The largest absolute Gasteiger partial charge is 0.383 e. The van der Waals surface area contributed by atoms with E-state index in [9.17, 15) is 4.57 Å². The monoisotopic (exact) mass is 198 g/mol. The predicted molar refractivity (Wildman–Crippen MR) is 45.0 cm³/mol. The van der Waals surface area contributed by atoms with Crippen LogP contribution >= 0.6 is 7.60 Å². The third-order valence-corrected chi connectivity index (χ3v) is 3.11. The summed E-state index contributed by atoms with van der Waals surface area (Å²) < 4.78 is 11.0. The Hall–Kier alpha value is -1.03. The van der Waals surface area contributed by atoms with Gasteiger partial charge in [-0.2, -0.15) is 0 Å². The van der Waals surface area contributed by atoms with Gasteiger partial charge in [0.15, 0.2) is 0 Å². The summed E-state index contributed by atoms with van der Waals surface area (Å²) in [6.45, 7) is 0. The van der Waals surface area contributed by atoms with Crippen molar-refractivity contribution >= 4 is 7.60 Å². The van der Waals surface area contributed by atoms with Crippen LogP contribution in [0.1, 0.15) is 5.56 Å². The molecule has 1 aliphatic heterocycles. The highest BCUT2D eigenvalue weighted by molar-refractivity contribution is 7.53. The lowest BCUT2D eigenvalue weighted by Gasteiger charge is -2.11. The first kappa shape index (κ1) is 8.56. The minimum atomic E-state index is -4.31. The minimum Gasteiger partial charge on any atom is -0.321 e. The van der Waals surface area contributed by atoms with E-state index in [0.29, 0.717) is 5.56 Å². The van der Waals surface area contributed by atoms with Gasteiger partial charge in [0.25, 0.3) is 0 Å². The lowest BCUT2D eigenvalue weighted by molar-refractivity contribution is 0.351. The summed E-state index contributed by atoms with van der Waals surface area (Å²) in [5.41, 5.74) is 0.434.